The number of hydrogen-bond donors (Lipinski definition) is 2. The highest BCUT2D eigenvalue weighted by atomic mass is 35.5. The summed E-state index contributed by atoms with van der Waals surface area (Å²) in [7, 11) is 1.61. The Bertz CT molecular complexity index is 790. The predicted molar refractivity (Wildman–Crippen MR) is 105 cm³/mol. The summed E-state index contributed by atoms with van der Waals surface area (Å²) in [6.45, 7) is -0.0782. The van der Waals surface area contributed by atoms with Crippen molar-refractivity contribution in [1.29, 1.82) is 0 Å². The fraction of sp³-hybridized carbons (Fsp3) is 0.222. The average molecular weight is 414 g/mol. The molecule has 144 valence electrons. The Morgan fingerprint density at radius 3 is 2.26 bits per heavy atom. The first kappa shape index (κ1) is 21.1. The van der Waals surface area contributed by atoms with E-state index in [1.807, 2.05) is 0 Å². The normalized spacial score (nSPS) is 10.9. The van der Waals surface area contributed by atoms with Crippen LogP contribution in [0.4, 0.5) is 20.2 Å². The average Bonchev–Trinajstić information content (AvgIpc) is 2.58. The molecule has 0 spiro atoms. The monoisotopic (exact) mass is 413 g/mol. The van der Waals surface area contributed by atoms with Gasteiger partial charge in [0.15, 0.2) is 0 Å². The van der Waals surface area contributed by atoms with Crippen LogP contribution in [0.2, 0.25) is 5.02 Å². The second-order valence-electron chi connectivity index (χ2n) is 5.65. The molecule has 0 saturated carbocycles. The number of nitrogens with zero attached hydrogens (tertiary/aromatic N) is 1. The van der Waals surface area contributed by atoms with E-state index in [4.69, 9.17) is 11.6 Å². The molecule has 0 saturated heterocycles. The lowest BCUT2D eigenvalue weighted by molar-refractivity contribution is -0.119. The summed E-state index contributed by atoms with van der Waals surface area (Å²) in [5, 5.41) is 5.85. The highest BCUT2D eigenvalue weighted by Crippen LogP contribution is 2.31. The molecule has 2 aromatic rings. The molecule has 27 heavy (non-hydrogen) atoms. The number of nitrogens with one attached hydrogen (secondary N) is 2. The molecule has 2 amide bonds. The van der Waals surface area contributed by atoms with Gasteiger partial charge in [0.25, 0.3) is 5.76 Å². The first-order valence-corrected chi connectivity index (χ1v) is 9.17. The van der Waals surface area contributed by atoms with Gasteiger partial charge in [0.1, 0.15) is 0 Å². The third-order valence-corrected chi connectivity index (χ3v) is 4.37. The molecule has 0 fully saturated rings. The van der Waals surface area contributed by atoms with Crippen LogP contribution in [0.1, 0.15) is 0 Å². The molecule has 0 unspecified atom stereocenters. The van der Waals surface area contributed by atoms with Gasteiger partial charge in [0, 0.05) is 15.6 Å². The van der Waals surface area contributed by atoms with E-state index in [1.54, 1.807) is 49.5 Å². The third kappa shape index (κ3) is 7.54. The molecule has 0 aliphatic rings. The number of halogens is 3. The maximum absolute atomic E-state index is 12.6. The summed E-state index contributed by atoms with van der Waals surface area (Å²) in [6, 6.07) is 13.0. The Morgan fingerprint density at radius 1 is 1.04 bits per heavy atom. The van der Waals surface area contributed by atoms with E-state index in [0.717, 1.165) is 0 Å². The zero-order valence-corrected chi connectivity index (χ0v) is 16.0. The molecular formula is C18H18ClF2N3O2S. The highest BCUT2D eigenvalue weighted by Gasteiger charge is 2.14. The molecule has 0 atom stereocenters. The number of hydrogen-bond acceptors (Lipinski definition) is 4. The Balaban J connectivity index is 1.85. The van der Waals surface area contributed by atoms with E-state index in [1.165, 1.54) is 11.0 Å². The summed E-state index contributed by atoms with van der Waals surface area (Å²) < 4.78 is 25.2. The van der Waals surface area contributed by atoms with Gasteiger partial charge in [-0.2, -0.15) is 8.78 Å². The van der Waals surface area contributed by atoms with Gasteiger partial charge in [-0.3, -0.25) is 14.5 Å². The van der Waals surface area contributed by atoms with Crippen LogP contribution in [0.15, 0.2) is 53.4 Å². The third-order valence-electron chi connectivity index (χ3n) is 3.33. The van der Waals surface area contributed by atoms with Gasteiger partial charge in [-0.05, 0) is 43.4 Å². The van der Waals surface area contributed by atoms with Gasteiger partial charge >= 0.3 is 0 Å². The molecule has 2 rings (SSSR count). The largest absolute Gasteiger partial charge is 0.325 e. The van der Waals surface area contributed by atoms with Crippen molar-refractivity contribution in [2.75, 3.05) is 30.8 Å². The second-order valence-corrected chi connectivity index (χ2v) is 7.12. The van der Waals surface area contributed by atoms with Crippen LogP contribution in [0.25, 0.3) is 0 Å². The Kier molecular flexibility index (Phi) is 8.02. The lowest BCUT2D eigenvalue weighted by atomic mass is 10.3. The number of thioether (sulfide) groups is 1. The first-order valence-electron chi connectivity index (χ1n) is 7.91. The number of likely N-dealkylation sites (N-methyl/N-ethyl adjacent to an activating group) is 1. The number of benzene rings is 2. The second kappa shape index (κ2) is 10.2. The summed E-state index contributed by atoms with van der Waals surface area (Å²) >= 11 is 6.15. The summed E-state index contributed by atoms with van der Waals surface area (Å²) in [5.41, 5.74) is 0.909. The van der Waals surface area contributed by atoms with Crippen LogP contribution in [-0.2, 0) is 9.59 Å². The molecular weight excluding hydrogens is 396 g/mol. The van der Waals surface area contributed by atoms with Crippen molar-refractivity contribution in [3.8, 4) is 0 Å². The van der Waals surface area contributed by atoms with Gasteiger partial charge < -0.3 is 10.6 Å². The molecule has 0 bridgehead atoms. The van der Waals surface area contributed by atoms with Crippen LogP contribution in [0.5, 0.6) is 0 Å². The topological polar surface area (TPSA) is 61.4 Å². The van der Waals surface area contributed by atoms with Crippen LogP contribution in [0.3, 0.4) is 0 Å². The summed E-state index contributed by atoms with van der Waals surface area (Å²) in [5.74, 6) is -3.28. The molecule has 0 aliphatic heterocycles. The van der Waals surface area contributed by atoms with E-state index >= 15 is 0 Å². The molecule has 9 heteroatoms. The van der Waals surface area contributed by atoms with Crippen molar-refractivity contribution in [3.05, 3.63) is 53.6 Å². The first-order chi connectivity index (χ1) is 12.8. The molecule has 2 N–H and O–H groups in total. The van der Waals surface area contributed by atoms with Crippen molar-refractivity contribution in [2.45, 2.75) is 10.7 Å². The molecule has 0 heterocycles. The number of carbonyl (C=O) groups is 2. The van der Waals surface area contributed by atoms with E-state index in [-0.39, 0.29) is 23.9 Å². The van der Waals surface area contributed by atoms with Crippen molar-refractivity contribution in [1.82, 2.24) is 4.90 Å². The molecule has 2 aromatic carbocycles. The van der Waals surface area contributed by atoms with Crippen molar-refractivity contribution in [2.24, 2.45) is 0 Å². The highest BCUT2D eigenvalue weighted by molar-refractivity contribution is 7.99. The van der Waals surface area contributed by atoms with E-state index in [2.05, 4.69) is 10.6 Å². The number of rotatable bonds is 8. The fourth-order valence-electron chi connectivity index (χ4n) is 2.24. The van der Waals surface area contributed by atoms with Gasteiger partial charge in [-0.1, -0.05) is 35.5 Å². The fourth-order valence-corrected chi connectivity index (χ4v) is 2.96. The van der Waals surface area contributed by atoms with Crippen LogP contribution >= 0.6 is 23.4 Å². The summed E-state index contributed by atoms with van der Waals surface area (Å²) in [6.07, 6.45) is 0. The van der Waals surface area contributed by atoms with Crippen LogP contribution < -0.4 is 10.6 Å². The van der Waals surface area contributed by atoms with Gasteiger partial charge in [0.2, 0.25) is 11.8 Å². The van der Waals surface area contributed by atoms with Crippen LogP contribution in [-0.4, -0.2) is 42.6 Å². The lowest BCUT2D eigenvalue weighted by Crippen LogP contribution is -2.36. The minimum Gasteiger partial charge on any atom is -0.325 e. The van der Waals surface area contributed by atoms with E-state index in [0.29, 0.717) is 28.2 Å². The van der Waals surface area contributed by atoms with Gasteiger partial charge in [-0.15, -0.1) is 0 Å². The van der Waals surface area contributed by atoms with E-state index in [9.17, 15) is 18.4 Å². The molecule has 0 radical (unpaired) electrons. The number of amides is 2. The summed E-state index contributed by atoms with van der Waals surface area (Å²) in [4.78, 5) is 26.0. The van der Waals surface area contributed by atoms with Crippen molar-refractivity contribution in [3.63, 3.8) is 0 Å². The number of para-hydroxylation sites is 1. The maximum atomic E-state index is 12.6. The Labute approximate surface area is 165 Å². The SMILES string of the molecule is CN(CC(=O)Nc1ccc(Cl)cc1)CC(=O)Nc1ccccc1SC(F)F. The standard InChI is InChI=1S/C18H18ClF2N3O2S/c1-24(10-16(25)22-13-8-6-12(19)7-9-13)11-17(26)23-14-4-2-3-5-15(14)27-18(20)21/h2-9,18H,10-11H2,1H3,(H,22,25)(H,23,26). The molecule has 0 aromatic heterocycles. The smallest absolute Gasteiger partial charge is 0.288 e. The van der Waals surface area contributed by atoms with Crippen molar-refractivity contribution < 1.29 is 18.4 Å². The van der Waals surface area contributed by atoms with Gasteiger partial charge in [-0.25, -0.2) is 0 Å². The number of anilines is 2. The molecule has 0 aliphatic carbocycles. The minimum atomic E-state index is -2.58. The van der Waals surface area contributed by atoms with Crippen LogP contribution in [0, 0.1) is 0 Å². The number of carbonyl (C=O) groups excluding carboxylic acids is 2. The Morgan fingerprint density at radius 2 is 1.63 bits per heavy atom. The predicted octanol–water partition coefficient (Wildman–Crippen LogP) is 4.16. The van der Waals surface area contributed by atoms with Crippen molar-refractivity contribution >= 4 is 46.6 Å². The zero-order chi connectivity index (χ0) is 19.8. The minimum absolute atomic E-state index is 0.0104. The Hall–Kier alpha value is -2.16. The van der Waals surface area contributed by atoms with E-state index < -0.39 is 11.7 Å². The number of alkyl halides is 2. The quantitative estimate of drug-likeness (QED) is 0.638. The zero-order valence-electron chi connectivity index (χ0n) is 14.4. The lowest BCUT2D eigenvalue weighted by Gasteiger charge is -2.17. The maximum Gasteiger partial charge on any atom is 0.288 e. The van der Waals surface area contributed by atoms with Gasteiger partial charge in [0.05, 0.1) is 18.8 Å². The molecule has 5 nitrogen and oxygen atoms in total.